The van der Waals surface area contributed by atoms with Crippen LogP contribution in [0.15, 0.2) is 0 Å². The van der Waals surface area contributed by atoms with Crippen molar-refractivity contribution >= 4 is 5.91 Å². The number of nitrogens with one attached hydrogen (secondary N) is 1. The highest BCUT2D eigenvalue weighted by Crippen LogP contribution is 2.36. The lowest BCUT2D eigenvalue weighted by atomic mass is 9.95. The van der Waals surface area contributed by atoms with Crippen LogP contribution in [0.25, 0.3) is 0 Å². The Morgan fingerprint density at radius 1 is 1.22 bits per heavy atom. The molecule has 0 bridgehead atoms. The molecule has 0 atom stereocenters. The molecule has 2 fully saturated rings. The van der Waals surface area contributed by atoms with Gasteiger partial charge < -0.3 is 10.1 Å². The van der Waals surface area contributed by atoms with Crippen LogP contribution in [0.5, 0.6) is 0 Å². The van der Waals surface area contributed by atoms with Gasteiger partial charge in [-0.05, 0) is 45.7 Å². The maximum Gasteiger partial charge on any atom is 0.246 e. The average molecular weight is 254 g/mol. The van der Waals surface area contributed by atoms with E-state index in [1.807, 2.05) is 6.92 Å². The predicted octanol–water partition coefficient (Wildman–Crippen LogP) is 1.55. The summed E-state index contributed by atoms with van der Waals surface area (Å²) >= 11 is 0. The molecule has 0 unspecified atom stereocenters. The summed E-state index contributed by atoms with van der Waals surface area (Å²) in [7, 11) is 0. The standard InChI is InChI=1S/C14H26N2O2/c1-2-18-11-13(17)15-12-14(7-3-4-8-14)16-9-5-6-10-16/h2-12H2,1H3,(H,15,17). The van der Waals surface area contributed by atoms with Gasteiger partial charge in [0.15, 0.2) is 0 Å². The molecule has 1 aliphatic carbocycles. The minimum atomic E-state index is 0.0299. The number of hydrogen-bond donors (Lipinski definition) is 1. The summed E-state index contributed by atoms with van der Waals surface area (Å²) in [4.78, 5) is 14.3. The Morgan fingerprint density at radius 2 is 1.89 bits per heavy atom. The molecule has 4 nitrogen and oxygen atoms in total. The zero-order valence-corrected chi connectivity index (χ0v) is 11.5. The Kier molecular flexibility index (Phi) is 5.01. The van der Waals surface area contributed by atoms with Crippen LogP contribution in [0.2, 0.25) is 0 Å². The van der Waals surface area contributed by atoms with E-state index in [9.17, 15) is 4.79 Å². The number of carbonyl (C=O) groups is 1. The number of likely N-dealkylation sites (tertiary alicyclic amines) is 1. The molecule has 0 aromatic heterocycles. The van der Waals surface area contributed by atoms with Gasteiger partial charge in [0.1, 0.15) is 6.61 Å². The zero-order valence-electron chi connectivity index (χ0n) is 11.5. The third-order valence-corrected chi connectivity index (χ3v) is 4.36. The van der Waals surface area contributed by atoms with Gasteiger partial charge in [-0.1, -0.05) is 12.8 Å². The van der Waals surface area contributed by atoms with Crippen molar-refractivity contribution in [1.82, 2.24) is 10.2 Å². The fourth-order valence-corrected chi connectivity index (χ4v) is 3.34. The van der Waals surface area contributed by atoms with Crippen molar-refractivity contribution in [2.45, 2.75) is 51.0 Å². The van der Waals surface area contributed by atoms with Crippen molar-refractivity contribution in [3.63, 3.8) is 0 Å². The van der Waals surface area contributed by atoms with Gasteiger partial charge in [0.05, 0.1) is 0 Å². The molecule has 18 heavy (non-hydrogen) atoms. The molecule has 0 aromatic carbocycles. The molecular weight excluding hydrogens is 228 g/mol. The van der Waals surface area contributed by atoms with Gasteiger partial charge in [0.25, 0.3) is 0 Å². The second-order valence-corrected chi connectivity index (χ2v) is 5.54. The van der Waals surface area contributed by atoms with Crippen LogP contribution in [-0.4, -0.2) is 49.2 Å². The average Bonchev–Trinajstić information content (AvgIpc) is 3.04. The van der Waals surface area contributed by atoms with E-state index in [1.54, 1.807) is 0 Å². The Morgan fingerprint density at radius 3 is 2.50 bits per heavy atom. The van der Waals surface area contributed by atoms with Crippen molar-refractivity contribution in [2.24, 2.45) is 0 Å². The summed E-state index contributed by atoms with van der Waals surface area (Å²) in [6.45, 7) is 5.94. The third kappa shape index (κ3) is 3.23. The second-order valence-electron chi connectivity index (χ2n) is 5.54. The molecule has 1 aliphatic heterocycles. The summed E-state index contributed by atoms with van der Waals surface area (Å²) in [5.74, 6) is 0.0299. The summed E-state index contributed by atoms with van der Waals surface area (Å²) in [6.07, 6.45) is 7.71. The molecule has 2 rings (SSSR count). The normalized spacial score (nSPS) is 23.4. The molecule has 1 saturated carbocycles. The second kappa shape index (κ2) is 6.53. The predicted molar refractivity (Wildman–Crippen MR) is 71.5 cm³/mol. The number of amides is 1. The van der Waals surface area contributed by atoms with Crippen molar-refractivity contribution in [3.05, 3.63) is 0 Å². The first-order valence-electron chi connectivity index (χ1n) is 7.36. The molecule has 4 heteroatoms. The molecule has 1 amide bonds. The number of carbonyl (C=O) groups excluding carboxylic acids is 1. The Bertz CT molecular complexity index is 269. The van der Waals surface area contributed by atoms with Crippen molar-refractivity contribution < 1.29 is 9.53 Å². The molecule has 2 aliphatic rings. The van der Waals surface area contributed by atoms with E-state index in [0.29, 0.717) is 6.61 Å². The largest absolute Gasteiger partial charge is 0.372 e. The molecule has 0 spiro atoms. The smallest absolute Gasteiger partial charge is 0.246 e. The Labute approximate surface area is 110 Å². The molecule has 104 valence electrons. The van der Waals surface area contributed by atoms with Gasteiger partial charge in [-0.25, -0.2) is 0 Å². The molecule has 1 N–H and O–H groups in total. The highest BCUT2D eigenvalue weighted by atomic mass is 16.5. The molecule has 0 aromatic rings. The van der Waals surface area contributed by atoms with Gasteiger partial charge in [0.2, 0.25) is 5.91 Å². The van der Waals surface area contributed by atoms with Gasteiger partial charge in [-0.2, -0.15) is 0 Å². The van der Waals surface area contributed by atoms with Gasteiger partial charge in [0, 0.05) is 18.7 Å². The van der Waals surface area contributed by atoms with E-state index in [2.05, 4.69) is 10.2 Å². The van der Waals surface area contributed by atoms with Crippen LogP contribution < -0.4 is 5.32 Å². The summed E-state index contributed by atoms with van der Waals surface area (Å²) in [5.41, 5.74) is 0.248. The molecule has 0 radical (unpaired) electrons. The first-order chi connectivity index (χ1) is 8.77. The number of hydrogen-bond acceptors (Lipinski definition) is 3. The fourth-order valence-electron chi connectivity index (χ4n) is 3.34. The van der Waals surface area contributed by atoms with E-state index in [-0.39, 0.29) is 18.1 Å². The number of ether oxygens (including phenoxy) is 1. The third-order valence-electron chi connectivity index (χ3n) is 4.36. The highest BCUT2D eigenvalue weighted by molar-refractivity contribution is 5.77. The lowest BCUT2D eigenvalue weighted by molar-refractivity contribution is -0.126. The van der Waals surface area contributed by atoms with Crippen LogP contribution in [0.3, 0.4) is 0 Å². The lowest BCUT2D eigenvalue weighted by Crippen LogP contribution is -2.53. The van der Waals surface area contributed by atoms with Crippen LogP contribution in [-0.2, 0) is 9.53 Å². The summed E-state index contributed by atoms with van der Waals surface area (Å²) in [6, 6.07) is 0. The molecular formula is C14H26N2O2. The van der Waals surface area contributed by atoms with Crippen molar-refractivity contribution in [1.29, 1.82) is 0 Å². The maximum absolute atomic E-state index is 11.7. The minimum Gasteiger partial charge on any atom is -0.372 e. The van der Waals surface area contributed by atoms with E-state index >= 15 is 0 Å². The lowest BCUT2D eigenvalue weighted by Gasteiger charge is -2.39. The SMILES string of the molecule is CCOCC(=O)NCC1(N2CCCC2)CCCC1. The quantitative estimate of drug-likeness (QED) is 0.782. The van der Waals surface area contributed by atoms with Crippen LogP contribution in [0, 0.1) is 0 Å². The highest BCUT2D eigenvalue weighted by Gasteiger charge is 2.40. The van der Waals surface area contributed by atoms with Gasteiger partial charge >= 0.3 is 0 Å². The monoisotopic (exact) mass is 254 g/mol. The summed E-state index contributed by atoms with van der Waals surface area (Å²) < 4.78 is 5.14. The maximum atomic E-state index is 11.7. The van der Waals surface area contributed by atoms with Crippen molar-refractivity contribution in [3.8, 4) is 0 Å². The minimum absolute atomic E-state index is 0.0299. The van der Waals surface area contributed by atoms with Gasteiger partial charge in [-0.3, -0.25) is 9.69 Å². The van der Waals surface area contributed by atoms with E-state index in [0.717, 1.165) is 6.54 Å². The van der Waals surface area contributed by atoms with E-state index in [1.165, 1.54) is 51.6 Å². The first kappa shape index (κ1) is 13.8. The Balaban J connectivity index is 1.84. The number of rotatable bonds is 6. The van der Waals surface area contributed by atoms with Gasteiger partial charge in [-0.15, -0.1) is 0 Å². The molecule has 1 saturated heterocycles. The fraction of sp³-hybridized carbons (Fsp3) is 0.929. The van der Waals surface area contributed by atoms with E-state index in [4.69, 9.17) is 4.74 Å². The zero-order chi connectivity index (χ0) is 12.8. The van der Waals surface area contributed by atoms with E-state index < -0.39 is 0 Å². The van der Waals surface area contributed by atoms with Crippen LogP contribution in [0.1, 0.15) is 45.4 Å². The van der Waals surface area contributed by atoms with Crippen LogP contribution >= 0.6 is 0 Å². The number of nitrogens with zero attached hydrogens (tertiary/aromatic N) is 1. The summed E-state index contributed by atoms with van der Waals surface area (Å²) in [5, 5.41) is 3.07. The molecule has 1 heterocycles. The Hall–Kier alpha value is -0.610. The first-order valence-corrected chi connectivity index (χ1v) is 7.36. The topological polar surface area (TPSA) is 41.6 Å². The van der Waals surface area contributed by atoms with Crippen LogP contribution in [0.4, 0.5) is 0 Å². The van der Waals surface area contributed by atoms with Crippen molar-refractivity contribution in [2.75, 3.05) is 32.8 Å².